The second-order valence-electron chi connectivity index (χ2n) is 6.61. The van der Waals surface area contributed by atoms with Crippen LogP contribution in [0.4, 0.5) is 0 Å². The molecule has 0 radical (unpaired) electrons. The predicted molar refractivity (Wildman–Crippen MR) is 94.6 cm³/mol. The maximum absolute atomic E-state index is 3.57. The lowest BCUT2D eigenvalue weighted by Gasteiger charge is -2.34. The first-order valence-corrected chi connectivity index (χ1v) is 9.04. The first kappa shape index (κ1) is 17.0. The SMILES string of the molecule is CNC(CCN1CCC(C(C)C)CC1)c1cccc(Br)c1. The summed E-state index contributed by atoms with van der Waals surface area (Å²) < 4.78 is 1.16. The number of halogens is 1. The van der Waals surface area contributed by atoms with Crippen molar-refractivity contribution < 1.29 is 0 Å². The molecule has 1 saturated heterocycles. The minimum absolute atomic E-state index is 0.449. The minimum Gasteiger partial charge on any atom is -0.313 e. The summed E-state index contributed by atoms with van der Waals surface area (Å²) in [5.41, 5.74) is 1.38. The highest BCUT2D eigenvalue weighted by molar-refractivity contribution is 9.10. The lowest BCUT2D eigenvalue weighted by atomic mass is 9.86. The van der Waals surface area contributed by atoms with Crippen LogP contribution in [0.25, 0.3) is 0 Å². The zero-order valence-electron chi connectivity index (χ0n) is 13.6. The van der Waals surface area contributed by atoms with Gasteiger partial charge in [0, 0.05) is 10.5 Å². The van der Waals surface area contributed by atoms with Crippen molar-refractivity contribution in [3.63, 3.8) is 0 Å². The largest absolute Gasteiger partial charge is 0.313 e. The van der Waals surface area contributed by atoms with Gasteiger partial charge in [0.2, 0.25) is 0 Å². The molecule has 1 N–H and O–H groups in total. The van der Waals surface area contributed by atoms with Crippen LogP contribution in [0.1, 0.15) is 44.7 Å². The molecule has 1 aliphatic rings. The van der Waals surface area contributed by atoms with E-state index in [0.29, 0.717) is 6.04 Å². The molecule has 1 fully saturated rings. The molecule has 1 heterocycles. The second-order valence-corrected chi connectivity index (χ2v) is 7.52. The first-order chi connectivity index (χ1) is 10.1. The van der Waals surface area contributed by atoms with Crippen molar-refractivity contribution >= 4 is 15.9 Å². The van der Waals surface area contributed by atoms with Crippen molar-refractivity contribution in [3.05, 3.63) is 34.3 Å². The zero-order valence-corrected chi connectivity index (χ0v) is 15.2. The quantitative estimate of drug-likeness (QED) is 0.812. The molecular weight excluding hydrogens is 324 g/mol. The van der Waals surface area contributed by atoms with Gasteiger partial charge in [0.05, 0.1) is 0 Å². The standard InChI is InChI=1S/C18H29BrN2/c1-14(2)15-7-10-21(11-8-15)12-9-18(20-3)16-5-4-6-17(19)13-16/h4-6,13-15,18,20H,7-12H2,1-3H3. The highest BCUT2D eigenvalue weighted by Crippen LogP contribution is 2.26. The smallest absolute Gasteiger partial charge is 0.0330 e. The molecule has 1 atom stereocenters. The predicted octanol–water partition coefficient (Wildman–Crippen LogP) is 4.47. The Labute approximate surface area is 138 Å². The van der Waals surface area contributed by atoms with Gasteiger partial charge in [-0.2, -0.15) is 0 Å². The summed E-state index contributed by atoms with van der Waals surface area (Å²) in [6.45, 7) is 8.48. The summed E-state index contributed by atoms with van der Waals surface area (Å²) in [6.07, 6.45) is 3.93. The van der Waals surface area contributed by atoms with Gasteiger partial charge >= 0.3 is 0 Å². The third-order valence-corrected chi connectivity index (χ3v) is 5.40. The molecule has 1 aromatic carbocycles. The van der Waals surface area contributed by atoms with Crippen LogP contribution >= 0.6 is 15.9 Å². The summed E-state index contributed by atoms with van der Waals surface area (Å²) in [4.78, 5) is 2.64. The molecule has 0 aromatic heterocycles. The fourth-order valence-electron chi connectivity index (χ4n) is 3.36. The second kappa shape index (κ2) is 8.30. The molecule has 1 unspecified atom stereocenters. The van der Waals surface area contributed by atoms with Crippen LogP contribution in [-0.4, -0.2) is 31.6 Å². The van der Waals surface area contributed by atoms with Crippen molar-refractivity contribution in [1.82, 2.24) is 10.2 Å². The monoisotopic (exact) mass is 352 g/mol. The maximum Gasteiger partial charge on any atom is 0.0330 e. The van der Waals surface area contributed by atoms with Crippen molar-refractivity contribution in [2.24, 2.45) is 11.8 Å². The number of nitrogens with zero attached hydrogens (tertiary/aromatic N) is 1. The highest BCUT2D eigenvalue weighted by Gasteiger charge is 2.22. The van der Waals surface area contributed by atoms with E-state index in [1.165, 1.54) is 44.5 Å². The molecule has 0 spiro atoms. The summed E-state index contributed by atoms with van der Waals surface area (Å²) in [7, 11) is 2.07. The molecule has 0 amide bonds. The number of likely N-dealkylation sites (tertiary alicyclic amines) is 1. The number of benzene rings is 1. The van der Waals surface area contributed by atoms with Gasteiger partial charge in [-0.15, -0.1) is 0 Å². The van der Waals surface area contributed by atoms with Gasteiger partial charge < -0.3 is 10.2 Å². The summed E-state index contributed by atoms with van der Waals surface area (Å²) in [5, 5.41) is 3.46. The van der Waals surface area contributed by atoms with Crippen LogP contribution < -0.4 is 5.32 Å². The van der Waals surface area contributed by atoms with Crippen molar-refractivity contribution in [3.8, 4) is 0 Å². The van der Waals surface area contributed by atoms with Crippen LogP contribution in [-0.2, 0) is 0 Å². The van der Waals surface area contributed by atoms with Gasteiger partial charge in [0.1, 0.15) is 0 Å². The molecule has 3 heteroatoms. The lowest BCUT2D eigenvalue weighted by Crippen LogP contribution is -2.37. The fourth-order valence-corrected chi connectivity index (χ4v) is 3.77. The van der Waals surface area contributed by atoms with Crippen LogP contribution in [0, 0.1) is 11.8 Å². The van der Waals surface area contributed by atoms with Gasteiger partial charge in [-0.25, -0.2) is 0 Å². The van der Waals surface area contributed by atoms with E-state index in [-0.39, 0.29) is 0 Å². The van der Waals surface area contributed by atoms with E-state index in [1.54, 1.807) is 0 Å². The Balaban J connectivity index is 1.82. The molecule has 0 saturated carbocycles. The fraction of sp³-hybridized carbons (Fsp3) is 0.667. The Kier molecular flexibility index (Phi) is 6.72. The van der Waals surface area contributed by atoms with Crippen molar-refractivity contribution in [2.45, 2.75) is 39.2 Å². The summed E-state index contributed by atoms with van der Waals surface area (Å²) >= 11 is 3.57. The van der Waals surface area contributed by atoms with E-state index in [2.05, 4.69) is 71.3 Å². The average Bonchev–Trinajstić information content (AvgIpc) is 2.48. The Bertz CT molecular complexity index is 425. The summed E-state index contributed by atoms with van der Waals surface area (Å²) in [6, 6.07) is 9.11. The highest BCUT2D eigenvalue weighted by atomic mass is 79.9. The Morgan fingerprint density at radius 3 is 2.57 bits per heavy atom. The van der Waals surface area contributed by atoms with Gasteiger partial charge in [0.25, 0.3) is 0 Å². The number of hydrogen-bond acceptors (Lipinski definition) is 2. The number of piperidine rings is 1. The molecule has 0 bridgehead atoms. The molecule has 118 valence electrons. The number of hydrogen-bond donors (Lipinski definition) is 1. The van der Waals surface area contributed by atoms with Gasteiger partial charge in [-0.05, 0) is 75.5 Å². The Morgan fingerprint density at radius 2 is 2.00 bits per heavy atom. The van der Waals surface area contributed by atoms with E-state index < -0.39 is 0 Å². The minimum atomic E-state index is 0.449. The molecule has 0 aliphatic carbocycles. The molecule has 1 aromatic rings. The van der Waals surface area contributed by atoms with E-state index in [1.807, 2.05) is 0 Å². The van der Waals surface area contributed by atoms with Crippen LogP contribution in [0.3, 0.4) is 0 Å². The third-order valence-electron chi connectivity index (χ3n) is 4.91. The first-order valence-electron chi connectivity index (χ1n) is 8.25. The van der Waals surface area contributed by atoms with Crippen molar-refractivity contribution in [1.29, 1.82) is 0 Å². The Hall–Kier alpha value is -0.380. The van der Waals surface area contributed by atoms with Gasteiger partial charge in [0.15, 0.2) is 0 Å². The van der Waals surface area contributed by atoms with E-state index in [0.717, 1.165) is 16.3 Å². The number of nitrogens with one attached hydrogen (secondary N) is 1. The van der Waals surface area contributed by atoms with E-state index in [4.69, 9.17) is 0 Å². The van der Waals surface area contributed by atoms with E-state index >= 15 is 0 Å². The van der Waals surface area contributed by atoms with E-state index in [9.17, 15) is 0 Å². The molecule has 1 aliphatic heterocycles. The van der Waals surface area contributed by atoms with Crippen LogP contribution in [0.5, 0.6) is 0 Å². The van der Waals surface area contributed by atoms with Crippen LogP contribution in [0.15, 0.2) is 28.7 Å². The molecule has 21 heavy (non-hydrogen) atoms. The topological polar surface area (TPSA) is 15.3 Å². The normalized spacial score (nSPS) is 19.1. The average molecular weight is 353 g/mol. The Morgan fingerprint density at radius 1 is 1.29 bits per heavy atom. The van der Waals surface area contributed by atoms with Crippen LogP contribution in [0.2, 0.25) is 0 Å². The molecular formula is C18H29BrN2. The third kappa shape index (κ3) is 5.08. The lowest BCUT2D eigenvalue weighted by molar-refractivity contribution is 0.153. The van der Waals surface area contributed by atoms with Gasteiger partial charge in [-0.3, -0.25) is 0 Å². The molecule has 2 nitrogen and oxygen atoms in total. The van der Waals surface area contributed by atoms with Crippen molar-refractivity contribution in [2.75, 3.05) is 26.7 Å². The summed E-state index contributed by atoms with van der Waals surface area (Å²) in [5.74, 6) is 1.78. The maximum atomic E-state index is 3.57. The van der Waals surface area contributed by atoms with Gasteiger partial charge in [-0.1, -0.05) is 41.9 Å². The zero-order chi connectivity index (χ0) is 15.2. The molecule has 2 rings (SSSR count). The number of rotatable bonds is 6.